The summed E-state index contributed by atoms with van der Waals surface area (Å²) in [6.45, 7) is 0. The predicted octanol–water partition coefficient (Wildman–Crippen LogP) is 4.44. The van der Waals surface area contributed by atoms with E-state index in [1.807, 2.05) is 6.07 Å². The van der Waals surface area contributed by atoms with Crippen molar-refractivity contribution in [2.24, 2.45) is 0 Å². The molecule has 6 rings (SSSR count). The fourth-order valence-corrected chi connectivity index (χ4v) is 4.83. The maximum absolute atomic E-state index is 9.79. The van der Waals surface area contributed by atoms with E-state index in [4.69, 9.17) is 10.5 Å². The largest absolute Gasteiger partial charge is 0.485 e. The molecule has 1 aliphatic carbocycles. The third kappa shape index (κ3) is 3.06. The van der Waals surface area contributed by atoms with Gasteiger partial charge >= 0.3 is 0 Å². The maximum Gasteiger partial charge on any atom is 0.146 e. The molecule has 3 N–H and O–H groups in total. The van der Waals surface area contributed by atoms with Crippen LogP contribution in [-0.4, -0.2) is 25.7 Å². The lowest BCUT2D eigenvalue weighted by Crippen LogP contribution is -2.30. The van der Waals surface area contributed by atoms with Gasteiger partial charge in [0, 0.05) is 17.8 Å². The van der Waals surface area contributed by atoms with Crippen molar-refractivity contribution in [1.29, 1.82) is 0 Å². The monoisotopic (exact) mass is 412 g/mol. The number of aryl methyl sites for hydroxylation is 1. The second kappa shape index (κ2) is 7.10. The Morgan fingerprint density at radius 3 is 2.71 bits per heavy atom. The Morgan fingerprint density at radius 2 is 1.90 bits per heavy atom. The summed E-state index contributed by atoms with van der Waals surface area (Å²) in [7, 11) is 0. The number of benzene rings is 2. The van der Waals surface area contributed by atoms with Crippen molar-refractivity contribution in [3.8, 4) is 16.9 Å². The van der Waals surface area contributed by atoms with Crippen molar-refractivity contribution >= 4 is 16.9 Å². The van der Waals surface area contributed by atoms with E-state index in [0.717, 1.165) is 53.6 Å². The zero-order valence-electron chi connectivity index (χ0n) is 17.1. The molecule has 1 aliphatic heterocycles. The van der Waals surface area contributed by atoms with Gasteiger partial charge in [0.15, 0.2) is 0 Å². The third-order valence-electron chi connectivity index (χ3n) is 6.61. The lowest BCUT2D eigenvalue weighted by atomic mass is 9.89. The summed E-state index contributed by atoms with van der Waals surface area (Å²) < 4.78 is 8.56. The summed E-state index contributed by atoms with van der Waals surface area (Å²) in [6.07, 6.45) is 6.87. The summed E-state index contributed by atoms with van der Waals surface area (Å²) in [4.78, 5) is 8.75. The molecule has 2 aliphatic rings. The third-order valence-corrected chi connectivity index (χ3v) is 6.61. The highest BCUT2D eigenvalue weighted by Crippen LogP contribution is 2.42. The van der Waals surface area contributed by atoms with Gasteiger partial charge in [0.05, 0.1) is 11.5 Å². The van der Waals surface area contributed by atoms with E-state index in [1.54, 1.807) is 0 Å². The van der Waals surface area contributed by atoms with Gasteiger partial charge in [-0.1, -0.05) is 42.5 Å². The van der Waals surface area contributed by atoms with Crippen molar-refractivity contribution in [1.82, 2.24) is 14.5 Å². The van der Waals surface area contributed by atoms with Crippen LogP contribution in [0.25, 0.3) is 22.2 Å². The van der Waals surface area contributed by atoms with Gasteiger partial charge < -0.3 is 20.1 Å². The van der Waals surface area contributed by atoms with E-state index >= 15 is 0 Å². The first-order valence-electron chi connectivity index (χ1n) is 10.8. The van der Waals surface area contributed by atoms with Gasteiger partial charge in [-0.15, -0.1) is 0 Å². The molecule has 6 nitrogen and oxygen atoms in total. The summed E-state index contributed by atoms with van der Waals surface area (Å²) in [6, 6.07) is 17.0. The number of nitrogens with zero attached hydrogens (tertiary/aromatic N) is 3. The summed E-state index contributed by atoms with van der Waals surface area (Å²) >= 11 is 0. The summed E-state index contributed by atoms with van der Waals surface area (Å²) in [5.41, 5.74) is 11.6. The fraction of sp³-hybridized carbons (Fsp3) is 0.280. The molecule has 0 amide bonds. The van der Waals surface area contributed by atoms with E-state index in [0.29, 0.717) is 5.82 Å². The molecular formula is C25H24N4O2. The number of fused-ring (bicyclic) bond motifs is 2. The molecule has 3 heterocycles. The Balaban J connectivity index is 1.42. The van der Waals surface area contributed by atoms with Gasteiger partial charge in [0.1, 0.15) is 29.6 Å². The second-order valence-electron chi connectivity index (χ2n) is 8.56. The first-order chi connectivity index (χ1) is 15.2. The fourth-order valence-electron chi connectivity index (χ4n) is 4.83. The lowest BCUT2D eigenvalue weighted by Gasteiger charge is -2.32. The highest BCUT2D eigenvalue weighted by Gasteiger charge is 2.31. The number of aliphatic hydroxyl groups is 1. The Kier molecular flexibility index (Phi) is 4.21. The highest BCUT2D eigenvalue weighted by atomic mass is 16.5. The van der Waals surface area contributed by atoms with E-state index in [-0.39, 0.29) is 18.2 Å². The van der Waals surface area contributed by atoms with Crippen molar-refractivity contribution in [2.45, 2.75) is 43.9 Å². The Bertz CT molecular complexity index is 1260. The van der Waals surface area contributed by atoms with Crippen molar-refractivity contribution in [3.63, 3.8) is 0 Å². The number of aromatic nitrogens is 3. The number of anilines is 1. The van der Waals surface area contributed by atoms with Crippen LogP contribution in [0.1, 0.15) is 42.5 Å². The first-order valence-corrected chi connectivity index (χ1v) is 10.8. The molecule has 0 radical (unpaired) electrons. The molecule has 0 saturated heterocycles. The minimum Gasteiger partial charge on any atom is -0.485 e. The molecule has 2 aromatic heterocycles. The first kappa shape index (κ1) is 18.4. The Hall–Kier alpha value is -3.38. The zero-order chi connectivity index (χ0) is 20.9. The van der Waals surface area contributed by atoms with Gasteiger partial charge in [-0.2, -0.15) is 0 Å². The molecule has 0 spiro atoms. The van der Waals surface area contributed by atoms with Crippen LogP contribution in [0.2, 0.25) is 0 Å². The molecule has 2 aromatic carbocycles. The average Bonchev–Trinajstić information content (AvgIpc) is 3.17. The van der Waals surface area contributed by atoms with Crippen LogP contribution in [0.3, 0.4) is 0 Å². The molecule has 1 atom stereocenters. The van der Waals surface area contributed by atoms with E-state index in [2.05, 4.69) is 63.2 Å². The number of hydrogen-bond acceptors (Lipinski definition) is 5. The minimum atomic E-state index is -0.239. The molecule has 1 fully saturated rings. The Morgan fingerprint density at radius 1 is 1.06 bits per heavy atom. The van der Waals surface area contributed by atoms with Crippen LogP contribution in [0, 0.1) is 0 Å². The normalized spacial score (nSPS) is 22.5. The molecule has 0 bridgehead atoms. The standard InChI is InChI=1S/C25H24N4O2/c26-24-23-20(13-29(18-11-19(30)12-18)25(23)28-14-27-24)17-7-6-16-8-9-21(31-22(16)10-17)15-4-2-1-3-5-15/h1-7,10,13-14,18-19,21,30H,8-9,11-12H2,(H2,26,27,28). The van der Waals surface area contributed by atoms with Gasteiger partial charge in [-0.3, -0.25) is 0 Å². The topological polar surface area (TPSA) is 86.2 Å². The van der Waals surface area contributed by atoms with Crippen molar-refractivity contribution < 1.29 is 9.84 Å². The summed E-state index contributed by atoms with van der Waals surface area (Å²) in [5.74, 6) is 1.40. The molecule has 4 aromatic rings. The van der Waals surface area contributed by atoms with Gasteiger partial charge in [-0.05, 0) is 48.4 Å². The number of hydrogen-bond donors (Lipinski definition) is 2. The molecule has 156 valence electrons. The van der Waals surface area contributed by atoms with Crippen LogP contribution in [0.4, 0.5) is 5.82 Å². The van der Waals surface area contributed by atoms with Gasteiger partial charge in [0.25, 0.3) is 0 Å². The summed E-state index contributed by atoms with van der Waals surface area (Å²) in [5, 5.41) is 10.7. The number of rotatable bonds is 3. The lowest BCUT2D eigenvalue weighted by molar-refractivity contribution is 0.0502. The van der Waals surface area contributed by atoms with Crippen LogP contribution in [-0.2, 0) is 6.42 Å². The van der Waals surface area contributed by atoms with Crippen LogP contribution in [0.5, 0.6) is 5.75 Å². The molecule has 31 heavy (non-hydrogen) atoms. The van der Waals surface area contributed by atoms with Crippen molar-refractivity contribution in [2.75, 3.05) is 5.73 Å². The molecule has 1 saturated carbocycles. The minimum absolute atomic E-state index is 0.0650. The predicted molar refractivity (Wildman–Crippen MR) is 120 cm³/mol. The Labute approximate surface area is 180 Å². The van der Waals surface area contributed by atoms with Crippen LogP contribution < -0.4 is 10.5 Å². The average molecular weight is 412 g/mol. The molecular weight excluding hydrogens is 388 g/mol. The molecule has 6 heteroatoms. The van der Waals surface area contributed by atoms with E-state index in [1.165, 1.54) is 17.5 Å². The number of ether oxygens (including phenoxy) is 1. The van der Waals surface area contributed by atoms with Crippen LogP contribution >= 0.6 is 0 Å². The van der Waals surface area contributed by atoms with Crippen LogP contribution in [0.15, 0.2) is 61.1 Å². The van der Waals surface area contributed by atoms with Crippen molar-refractivity contribution in [3.05, 3.63) is 72.2 Å². The quantitative estimate of drug-likeness (QED) is 0.519. The van der Waals surface area contributed by atoms with Gasteiger partial charge in [0.2, 0.25) is 0 Å². The number of nitrogen functional groups attached to an aromatic ring is 1. The number of aliphatic hydroxyl groups excluding tert-OH is 1. The van der Waals surface area contributed by atoms with E-state index in [9.17, 15) is 5.11 Å². The SMILES string of the molecule is Nc1ncnc2c1c(-c1ccc3c(c1)OC(c1ccccc1)CC3)cn2C1CC(O)C1. The molecule has 1 unspecified atom stereocenters. The zero-order valence-corrected chi connectivity index (χ0v) is 17.1. The maximum atomic E-state index is 9.79. The van der Waals surface area contributed by atoms with Gasteiger partial charge in [-0.25, -0.2) is 9.97 Å². The van der Waals surface area contributed by atoms with E-state index < -0.39 is 0 Å². The smallest absolute Gasteiger partial charge is 0.146 e. The number of nitrogens with two attached hydrogens (primary N) is 1. The highest BCUT2D eigenvalue weighted by molar-refractivity contribution is 6.00. The second-order valence-corrected chi connectivity index (χ2v) is 8.56.